The van der Waals surface area contributed by atoms with Gasteiger partial charge in [0.15, 0.2) is 0 Å². The first-order chi connectivity index (χ1) is 20.6. The van der Waals surface area contributed by atoms with Crippen molar-refractivity contribution in [3.05, 3.63) is 149 Å². The quantitative estimate of drug-likeness (QED) is 0.146. The third kappa shape index (κ3) is 3.66. The Morgan fingerprint density at radius 3 is 1.81 bits per heavy atom. The maximum absolute atomic E-state index is 2.66. The highest BCUT2D eigenvalue weighted by Crippen LogP contribution is 2.56. The van der Waals surface area contributed by atoms with Crippen LogP contribution in [0.25, 0.3) is 49.9 Å². The summed E-state index contributed by atoms with van der Waals surface area (Å²) in [6.07, 6.45) is 4.93. The maximum Gasteiger partial charge on any atom is 0.0726 e. The number of hydrogen-bond acceptors (Lipinski definition) is 0. The van der Waals surface area contributed by atoms with Crippen molar-refractivity contribution in [2.45, 2.75) is 43.9 Å². The minimum absolute atomic E-state index is 0.478. The molecule has 0 saturated carbocycles. The summed E-state index contributed by atoms with van der Waals surface area (Å²) in [4.78, 5) is 0. The summed E-state index contributed by atoms with van der Waals surface area (Å²) < 4.78 is 0. The Kier molecular flexibility index (Phi) is 5.88. The molecule has 6 aromatic rings. The molecule has 6 aromatic carbocycles. The predicted octanol–water partition coefficient (Wildman–Crippen LogP) is 11.5. The molecular weight excluding hydrogens is 521 g/mol. The smallest absolute Gasteiger partial charge is 0.0679 e. The van der Waals surface area contributed by atoms with Gasteiger partial charge in [-0.1, -0.05) is 153 Å². The van der Waals surface area contributed by atoms with Crippen molar-refractivity contribution < 1.29 is 0 Å². The molecule has 2 aliphatic carbocycles. The summed E-state index contributed by atoms with van der Waals surface area (Å²) in [6, 6.07) is 45.8. The van der Waals surface area contributed by atoms with Gasteiger partial charge in [-0.2, -0.15) is 0 Å². The van der Waals surface area contributed by atoms with E-state index in [1.165, 1.54) is 66.9 Å². The fraction of sp³-hybridized carbons (Fsp3) is 0.171. The van der Waals surface area contributed by atoms with Crippen molar-refractivity contribution in [1.82, 2.24) is 0 Å². The minimum Gasteiger partial charge on any atom is -0.0679 e. The van der Waals surface area contributed by atoms with Gasteiger partial charge in [0.1, 0.15) is 0 Å². The van der Waals surface area contributed by atoms with Crippen molar-refractivity contribution >= 4 is 35.7 Å². The summed E-state index contributed by atoms with van der Waals surface area (Å²) in [7, 11) is -1.98. The largest absolute Gasteiger partial charge is 0.0726 e. The average Bonchev–Trinajstić information content (AvgIpc) is 3.57. The third-order valence-electron chi connectivity index (χ3n) is 10.1. The Morgan fingerprint density at radius 1 is 0.524 bits per heavy atom. The standard InChI is InChI=1S/C41H36Si/c1-4-14-28-26-39-34(38-25-27-15-5-6-16-29(27)30-17-7-8-20-33(30)38)23-13-24-37(39)40(28)42(2,3)41-35-21-11-9-18-31(35)32-19-10-12-22-36(32)41/h5-13,15-26,40-41H,4,14H2,1-3H3. The van der Waals surface area contributed by atoms with Gasteiger partial charge in [-0.05, 0) is 78.5 Å². The van der Waals surface area contributed by atoms with Crippen molar-refractivity contribution in [2.75, 3.05) is 0 Å². The molecule has 0 N–H and O–H groups in total. The lowest BCUT2D eigenvalue weighted by atomic mass is 9.90. The monoisotopic (exact) mass is 556 g/mol. The molecule has 0 bridgehead atoms. The first-order valence-corrected chi connectivity index (χ1v) is 18.7. The topological polar surface area (TPSA) is 0 Å². The van der Waals surface area contributed by atoms with Gasteiger partial charge < -0.3 is 0 Å². The number of allylic oxidation sites excluding steroid dienone is 1. The summed E-state index contributed by atoms with van der Waals surface area (Å²) in [5.74, 6) is 0. The normalized spacial score (nSPS) is 16.0. The molecule has 1 heteroatoms. The second kappa shape index (κ2) is 9.68. The van der Waals surface area contributed by atoms with Crippen molar-refractivity contribution in [2.24, 2.45) is 0 Å². The Morgan fingerprint density at radius 2 is 1.10 bits per heavy atom. The van der Waals surface area contributed by atoms with Gasteiger partial charge in [-0.3, -0.25) is 0 Å². The summed E-state index contributed by atoms with van der Waals surface area (Å²) >= 11 is 0. The van der Waals surface area contributed by atoms with E-state index in [0.717, 1.165) is 6.42 Å². The van der Waals surface area contributed by atoms with Crippen LogP contribution in [0.1, 0.15) is 53.1 Å². The second-order valence-corrected chi connectivity index (χ2v) is 17.6. The molecule has 0 spiro atoms. The molecule has 42 heavy (non-hydrogen) atoms. The average molecular weight is 557 g/mol. The molecule has 0 radical (unpaired) electrons. The molecule has 0 saturated heterocycles. The summed E-state index contributed by atoms with van der Waals surface area (Å²) in [6.45, 7) is 7.67. The highest BCUT2D eigenvalue weighted by molar-refractivity contribution is 6.82. The van der Waals surface area contributed by atoms with Crippen molar-refractivity contribution in [3.63, 3.8) is 0 Å². The van der Waals surface area contributed by atoms with E-state index in [4.69, 9.17) is 0 Å². The Labute approximate surface area is 250 Å². The molecule has 1 atom stereocenters. The Balaban J connectivity index is 1.34. The van der Waals surface area contributed by atoms with E-state index < -0.39 is 8.07 Å². The Hall–Kier alpha value is -4.20. The first-order valence-electron chi connectivity index (χ1n) is 15.5. The van der Waals surface area contributed by atoms with E-state index in [9.17, 15) is 0 Å². The van der Waals surface area contributed by atoms with Gasteiger partial charge >= 0.3 is 0 Å². The highest BCUT2D eigenvalue weighted by Gasteiger charge is 2.48. The predicted molar refractivity (Wildman–Crippen MR) is 184 cm³/mol. The van der Waals surface area contributed by atoms with Crippen molar-refractivity contribution in [1.29, 1.82) is 0 Å². The molecule has 8 rings (SSSR count). The second-order valence-electron chi connectivity index (χ2n) is 12.8. The van der Waals surface area contributed by atoms with E-state index in [2.05, 4.69) is 147 Å². The van der Waals surface area contributed by atoms with Crippen molar-refractivity contribution in [3.8, 4) is 22.3 Å². The molecular formula is C41H36Si. The number of hydrogen-bond donors (Lipinski definition) is 0. The van der Waals surface area contributed by atoms with Gasteiger partial charge in [-0.15, -0.1) is 0 Å². The van der Waals surface area contributed by atoms with Crippen LogP contribution >= 0.6 is 0 Å². The van der Waals surface area contributed by atoms with Gasteiger partial charge in [-0.25, -0.2) is 0 Å². The third-order valence-corrected chi connectivity index (χ3v) is 14.3. The maximum atomic E-state index is 2.66. The Bertz CT molecular complexity index is 2000. The fourth-order valence-electron chi connectivity index (χ4n) is 8.48. The van der Waals surface area contributed by atoms with Crippen LogP contribution < -0.4 is 0 Å². The molecule has 0 fully saturated rings. The van der Waals surface area contributed by atoms with Gasteiger partial charge in [0.05, 0.1) is 8.07 Å². The van der Waals surface area contributed by atoms with Crippen LogP contribution in [0.2, 0.25) is 13.1 Å². The zero-order chi connectivity index (χ0) is 28.4. The molecule has 0 heterocycles. The summed E-state index contributed by atoms with van der Waals surface area (Å²) in [5.41, 5.74) is 14.3. The zero-order valence-electron chi connectivity index (χ0n) is 24.7. The van der Waals surface area contributed by atoms with E-state index >= 15 is 0 Å². The van der Waals surface area contributed by atoms with Crippen LogP contribution in [0.15, 0.2) is 127 Å². The van der Waals surface area contributed by atoms with Crippen LogP contribution in [0, 0.1) is 0 Å². The number of benzene rings is 6. The molecule has 1 unspecified atom stereocenters. The first kappa shape index (κ1) is 25.5. The van der Waals surface area contributed by atoms with Crippen LogP contribution in [-0.2, 0) is 0 Å². The molecule has 0 amide bonds. The molecule has 0 nitrogen and oxygen atoms in total. The van der Waals surface area contributed by atoms with Crippen LogP contribution in [0.4, 0.5) is 0 Å². The summed E-state index contributed by atoms with van der Waals surface area (Å²) in [5, 5.41) is 5.32. The lowest BCUT2D eigenvalue weighted by molar-refractivity contribution is 0.849. The van der Waals surface area contributed by atoms with E-state index in [1.807, 2.05) is 0 Å². The fourth-order valence-corrected chi connectivity index (χ4v) is 13.2. The SMILES string of the molecule is CCCC1=Cc2c(-c3cc4ccccc4c4ccccc34)cccc2C1[Si](C)(C)C1c2ccccc2-c2ccccc21. The van der Waals surface area contributed by atoms with Gasteiger partial charge in [0.2, 0.25) is 0 Å². The van der Waals surface area contributed by atoms with Crippen LogP contribution in [-0.4, -0.2) is 8.07 Å². The number of rotatable bonds is 5. The van der Waals surface area contributed by atoms with Crippen LogP contribution in [0.5, 0.6) is 0 Å². The zero-order valence-corrected chi connectivity index (χ0v) is 25.7. The molecule has 2 aliphatic rings. The van der Waals surface area contributed by atoms with E-state index in [1.54, 1.807) is 11.1 Å². The molecule has 204 valence electrons. The van der Waals surface area contributed by atoms with E-state index in [0.29, 0.717) is 11.1 Å². The molecule has 0 aromatic heterocycles. The van der Waals surface area contributed by atoms with Crippen LogP contribution in [0.3, 0.4) is 0 Å². The van der Waals surface area contributed by atoms with Gasteiger partial charge in [0.25, 0.3) is 0 Å². The van der Waals surface area contributed by atoms with Gasteiger partial charge in [0, 0.05) is 11.1 Å². The lowest BCUT2D eigenvalue weighted by Gasteiger charge is -2.39. The highest BCUT2D eigenvalue weighted by atomic mass is 28.3. The molecule has 0 aliphatic heterocycles. The number of fused-ring (bicyclic) bond motifs is 7. The minimum atomic E-state index is -1.98. The van der Waals surface area contributed by atoms with E-state index in [-0.39, 0.29) is 0 Å². The lowest BCUT2D eigenvalue weighted by Crippen LogP contribution is -2.42.